The Balaban J connectivity index is 1.90. The van der Waals surface area contributed by atoms with Crippen molar-refractivity contribution in [3.05, 3.63) is 19.2 Å². The summed E-state index contributed by atoms with van der Waals surface area (Å²) in [6.45, 7) is 4.16. The van der Waals surface area contributed by atoms with Crippen LogP contribution in [0.5, 0.6) is 0 Å². The van der Waals surface area contributed by atoms with Crippen molar-refractivity contribution in [2.75, 3.05) is 46.8 Å². The molecular weight excluding hydrogens is 400 g/mol. The molecule has 19 heavy (non-hydrogen) atoms. The van der Waals surface area contributed by atoms with Gasteiger partial charge in [-0.1, -0.05) is 0 Å². The van der Waals surface area contributed by atoms with Crippen LogP contribution in [0.15, 0.2) is 13.6 Å². The first-order valence-corrected chi connectivity index (χ1v) is 8.30. The Kier molecular flexibility index (Phi) is 10.3. The van der Waals surface area contributed by atoms with Crippen molar-refractivity contribution in [2.45, 2.75) is 6.61 Å². The summed E-state index contributed by atoms with van der Waals surface area (Å²) >= 11 is 8.57. The Labute approximate surface area is 134 Å². The molecule has 1 aromatic rings. The van der Waals surface area contributed by atoms with Crippen LogP contribution in [0.4, 0.5) is 0 Å². The van der Waals surface area contributed by atoms with E-state index in [2.05, 4.69) is 37.9 Å². The molecule has 0 bridgehead atoms. The lowest BCUT2D eigenvalue weighted by Gasteiger charge is -2.06. The Morgan fingerprint density at radius 3 is 2.05 bits per heavy atom. The van der Waals surface area contributed by atoms with E-state index in [0.29, 0.717) is 46.2 Å². The maximum atomic E-state index is 5.53. The van der Waals surface area contributed by atoms with Gasteiger partial charge >= 0.3 is 0 Å². The third-order valence-electron chi connectivity index (χ3n) is 2.16. The van der Waals surface area contributed by atoms with E-state index in [1.54, 1.807) is 18.4 Å². The molecule has 0 N–H and O–H groups in total. The fourth-order valence-electron chi connectivity index (χ4n) is 1.24. The molecule has 0 atom stereocenters. The molecule has 0 aromatic carbocycles. The van der Waals surface area contributed by atoms with E-state index in [1.807, 2.05) is 0 Å². The standard InChI is InChI=1S/C12H18Br2O4S/c1-15-2-3-16-4-5-17-6-7-18-9-10-8-11(13)19-12(10)14/h8H,2-7,9H2,1H3. The van der Waals surface area contributed by atoms with Crippen LogP contribution in [0.2, 0.25) is 0 Å². The van der Waals surface area contributed by atoms with Gasteiger partial charge in [-0.05, 0) is 37.9 Å². The van der Waals surface area contributed by atoms with Gasteiger partial charge in [-0.3, -0.25) is 0 Å². The van der Waals surface area contributed by atoms with Gasteiger partial charge in [-0.2, -0.15) is 0 Å². The SMILES string of the molecule is COCCOCCOCCOCc1cc(Br)sc1Br. The molecule has 0 aliphatic heterocycles. The molecule has 0 spiro atoms. The first kappa shape index (κ1) is 17.6. The zero-order valence-electron chi connectivity index (χ0n) is 10.8. The minimum atomic E-state index is 0.580. The molecule has 1 rings (SSSR count). The molecule has 4 nitrogen and oxygen atoms in total. The fraction of sp³-hybridized carbons (Fsp3) is 0.667. The first-order chi connectivity index (χ1) is 9.24. The van der Waals surface area contributed by atoms with E-state index in [9.17, 15) is 0 Å². The number of hydrogen-bond acceptors (Lipinski definition) is 5. The van der Waals surface area contributed by atoms with E-state index in [-0.39, 0.29) is 0 Å². The summed E-state index contributed by atoms with van der Waals surface area (Å²) in [7, 11) is 1.65. The monoisotopic (exact) mass is 416 g/mol. The normalized spacial score (nSPS) is 11.1. The minimum absolute atomic E-state index is 0.580. The lowest BCUT2D eigenvalue weighted by molar-refractivity contribution is 0.000846. The second-order valence-electron chi connectivity index (χ2n) is 3.62. The van der Waals surface area contributed by atoms with Crippen LogP contribution >= 0.6 is 43.2 Å². The van der Waals surface area contributed by atoms with Crippen LogP contribution in [-0.2, 0) is 25.6 Å². The first-order valence-electron chi connectivity index (χ1n) is 5.90. The molecule has 1 heterocycles. The van der Waals surface area contributed by atoms with Crippen LogP contribution in [0.1, 0.15) is 5.56 Å². The molecule has 0 unspecified atom stereocenters. The summed E-state index contributed by atoms with van der Waals surface area (Å²) in [4.78, 5) is 0. The zero-order valence-corrected chi connectivity index (χ0v) is 14.8. The largest absolute Gasteiger partial charge is 0.382 e. The van der Waals surface area contributed by atoms with E-state index in [0.717, 1.165) is 13.1 Å². The van der Waals surface area contributed by atoms with Crippen LogP contribution in [-0.4, -0.2) is 46.8 Å². The van der Waals surface area contributed by atoms with Crippen molar-refractivity contribution in [2.24, 2.45) is 0 Å². The average Bonchev–Trinajstić information content (AvgIpc) is 2.70. The highest BCUT2D eigenvalue weighted by atomic mass is 79.9. The quantitative estimate of drug-likeness (QED) is 0.516. The molecule has 0 saturated heterocycles. The van der Waals surface area contributed by atoms with Crippen molar-refractivity contribution in [3.63, 3.8) is 0 Å². The molecule has 0 aliphatic carbocycles. The molecule has 7 heteroatoms. The second-order valence-corrected chi connectivity index (χ2v) is 7.37. The molecule has 0 amide bonds. The third-order valence-corrected chi connectivity index (χ3v) is 4.62. The van der Waals surface area contributed by atoms with Crippen molar-refractivity contribution in [3.8, 4) is 0 Å². The van der Waals surface area contributed by atoms with Gasteiger partial charge in [0.1, 0.15) is 0 Å². The van der Waals surface area contributed by atoms with Gasteiger partial charge in [0, 0.05) is 12.7 Å². The predicted molar refractivity (Wildman–Crippen MR) is 82.9 cm³/mol. The highest BCUT2D eigenvalue weighted by Gasteiger charge is 2.04. The zero-order chi connectivity index (χ0) is 13.9. The summed E-state index contributed by atoms with van der Waals surface area (Å²) in [6.07, 6.45) is 0. The molecule has 0 radical (unpaired) electrons. The van der Waals surface area contributed by atoms with Gasteiger partial charge < -0.3 is 18.9 Å². The van der Waals surface area contributed by atoms with E-state index in [1.165, 1.54) is 0 Å². The van der Waals surface area contributed by atoms with Crippen molar-refractivity contribution >= 4 is 43.2 Å². The number of rotatable bonds is 11. The summed E-state index contributed by atoms with van der Waals surface area (Å²) in [5.41, 5.74) is 1.15. The van der Waals surface area contributed by atoms with Crippen LogP contribution in [0.25, 0.3) is 0 Å². The summed E-state index contributed by atoms with van der Waals surface area (Å²) in [6, 6.07) is 2.05. The number of methoxy groups -OCH3 is 1. The lowest BCUT2D eigenvalue weighted by atomic mass is 10.4. The number of halogens is 2. The molecule has 1 aromatic heterocycles. The summed E-state index contributed by atoms with van der Waals surface area (Å²) in [5, 5.41) is 0. The molecular formula is C12H18Br2O4S. The molecule has 110 valence electrons. The Morgan fingerprint density at radius 1 is 0.947 bits per heavy atom. The highest BCUT2D eigenvalue weighted by Crippen LogP contribution is 2.32. The maximum Gasteiger partial charge on any atom is 0.0765 e. The average molecular weight is 418 g/mol. The second kappa shape index (κ2) is 11.2. The Hall–Kier alpha value is 0.500. The maximum absolute atomic E-state index is 5.53. The van der Waals surface area contributed by atoms with Crippen LogP contribution in [0, 0.1) is 0 Å². The Morgan fingerprint density at radius 2 is 1.53 bits per heavy atom. The number of ether oxygens (including phenoxy) is 4. The predicted octanol–water partition coefficient (Wildman–Crippen LogP) is 3.47. The number of thiophene rings is 1. The Bertz CT molecular complexity index is 346. The van der Waals surface area contributed by atoms with Gasteiger partial charge in [0.2, 0.25) is 0 Å². The summed E-state index contributed by atoms with van der Waals surface area (Å²) in [5.74, 6) is 0. The fourth-order valence-corrected chi connectivity index (χ4v) is 4.02. The van der Waals surface area contributed by atoms with Gasteiger partial charge in [0.15, 0.2) is 0 Å². The highest BCUT2D eigenvalue weighted by molar-refractivity contribution is 9.12. The van der Waals surface area contributed by atoms with Crippen molar-refractivity contribution < 1.29 is 18.9 Å². The molecule has 0 fully saturated rings. The van der Waals surface area contributed by atoms with Crippen molar-refractivity contribution in [1.82, 2.24) is 0 Å². The smallest absolute Gasteiger partial charge is 0.0765 e. The summed E-state index contributed by atoms with van der Waals surface area (Å²) < 4.78 is 23.2. The minimum Gasteiger partial charge on any atom is -0.382 e. The van der Waals surface area contributed by atoms with Crippen molar-refractivity contribution in [1.29, 1.82) is 0 Å². The molecule has 0 aliphatic rings. The van der Waals surface area contributed by atoms with Crippen LogP contribution in [0.3, 0.4) is 0 Å². The third kappa shape index (κ3) is 8.39. The molecule has 0 saturated carbocycles. The van der Waals surface area contributed by atoms with Gasteiger partial charge in [-0.25, -0.2) is 0 Å². The van der Waals surface area contributed by atoms with E-state index < -0.39 is 0 Å². The van der Waals surface area contributed by atoms with E-state index in [4.69, 9.17) is 18.9 Å². The van der Waals surface area contributed by atoms with Gasteiger partial charge in [0.05, 0.1) is 53.8 Å². The lowest BCUT2D eigenvalue weighted by Crippen LogP contribution is -2.11. The van der Waals surface area contributed by atoms with E-state index >= 15 is 0 Å². The number of hydrogen-bond donors (Lipinski definition) is 0. The van der Waals surface area contributed by atoms with Gasteiger partial charge in [0.25, 0.3) is 0 Å². The van der Waals surface area contributed by atoms with Crippen LogP contribution < -0.4 is 0 Å². The van der Waals surface area contributed by atoms with Gasteiger partial charge in [-0.15, -0.1) is 11.3 Å². The topological polar surface area (TPSA) is 36.9 Å².